The first-order valence-electron chi connectivity index (χ1n) is 9.86. The normalized spacial score (nSPS) is 19.6. The van der Waals surface area contributed by atoms with Gasteiger partial charge in [-0.15, -0.1) is 11.3 Å². The van der Waals surface area contributed by atoms with Crippen LogP contribution in [0.5, 0.6) is 5.88 Å². The minimum Gasteiger partial charge on any atom is -0.474 e. The Kier molecular flexibility index (Phi) is 6.02. The van der Waals surface area contributed by atoms with Gasteiger partial charge in [-0.05, 0) is 44.1 Å². The number of nitrogens with zero attached hydrogens (tertiary/aromatic N) is 3. The Bertz CT molecular complexity index is 647. The summed E-state index contributed by atoms with van der Waals surface area (Å²) >= 11 is 1.73. The molecule has 0 radical (unpaired) electrons. The van der Waals surface area contributed by atoms with E-state index in [1.54, 1.807) is 11.3 Å². The second-order valence-electron chi connectivity index (χ2n) is 7.34. The number of piperidine rings is 1. The molecule has 0 unspecified atom stereocenters. The molecule has 1 aliphatic carbocycles. The van der Waals surface area contributed by atoms with Gasteiger partial charge in [0.15, 0.2) is 5.13 Å². The summed E-state index contributed by atoms with van der Waals surface area (Å²) in [4.78, 5) is 11.3. The third kappa shape index (κ3) is 4.74. The van der Waals surface area contributed by atoms with E-state index in [9.17, 15) is 0 Å². The molecule has 1 saturated heterocycles. The van der Waals surface area contributed by atoms with Crippen LogP contribution in [0, 0.1) is 0 Å². The van der Waals surface area contributed by atoms with Crippen LogP contribution in [0.3, 0.4) is 0 Å². The van der Waals surface area contributed by atoms with E-state index in [1.807, 2.05) is 23.8 Å². The fourth-order valence-corrected chi connectivity index (χ4v) is 4.54. The van der Waals surface area contributed by atoms with Gasteiger partial charge in [-0.3, -0.25) is 0 Å². The summed E-state index contributed by atoms with van der Waals surface area (Å²) in [6, 6.07) is 4.74. The zero-order chi connectivity index (χ0) is 17.6. The fourth-order valence-electron chi connectivity index (χ4n) is 3.85. The summed E-state index contributed by atoms with van der Waals surface area (Å²) in [7, 11) is 0. The van der Waals surface area contributed by atoms with E-state index in [0.717, 1.165) is 43.5 Å². The van der Waals surface area contributed by atoms with E-state index in [4.69, 9.17) is 4.74 Å². The molecule has 1 N–H and O–H groups in total. The van der Waals surface area contributed by atoms with Crippen molar-refractivity contribution in [2.75, 3.05) is 18.0 Å². The number of hydrogen-bond acceptors (Lipinski definition) is 6. The van der Waals surface area contributed by atoms with Crippen LogP contribution in [-0.4, -0.2) is 35.2 Å². The van der Waals surface area contributed by atoms with Gasteiger partial charge in [0, 0.05) is 49.5 Å². The highest BCUT2D eigenvalue weighted by Gasteiger charge is 2.20. The number of nitrogens with one attached hydrogen (secondary N) is 1. The van der Waals surface area contributed by atoms with Crippen LogP contribution in [0.2, 0.25) is 0 Å². The molecule has 1 saturated carbocycles. The molecule has 0 bridgehead atoms. The summed E-state index contributed by atoms with van der Waals surface area (Å²) in [6.07, 6.45) is 12.8. The lowest BCUT2D eigenvalue weighted by atomic mass is 9.98. The van der Waals surface area contributed by atoms with Crippen LogP contribution >= 0.6 is 11.3 Å². The Labute approximate surface area is 159 Å². The Morgan fingerprint density at radius 2 is 1.92 bits per heavy atom. The van der Waals surface area contributed by atoms with Crippen LogP contribution in [0.1, 0.15) is 50.5 Å². The largest absolute Gasteiger partial charge is 0.474 e. The monoisotopic (exact) mass is 372 g/mol. The summed E-state index contributed by atoms with van der Waals surface area (Å²) in [5, 5.41) is 6.88. The number of anilines is 1. The number of rotatable bonds is 6. The van der Waals surface area contributed by atoms with Crippen molar-refractivity contribution in [1.29, 1.82) is 0 Å². The summed E-state index contributed by atoms with van der Waals surface area (Å²) in [6.45, 7) is 3.04. The Hall–Kier alpha value is -1.66. The molecule has 3 heterocycles. The lowest BCUT2D eigenvalue weighted by molar-refractivity contribution is 0.148. The standard InChI is InChI=1S/C20H28N4OS/c1-2-4-18(5-3-1)25-19-7-6-16(15-23-19)14-22-17-8-11-24(12-9-17)20-21-10-13-26-20/h6-7,10,13,15,17-18,22H,1-5,8-9,11-12,14H2. The molecule has 0 spiro atoms. The molecule has 0 aromatic carbocycles. The van der Waals surface area contributed by atoms with Crippen molar-refractivity contribution < 1.29 is 4.74 Å². The van der Waals surface area contributed by atoms with Crippen molar-refractivity contribution >= 4 is 16.5 Å². The van der Waals surface area contributed by atoms with E-state index in [-0.39, 0.29) is 0 Å². The second kappa shape index (κ2) is 8.82. The first kappa shape index (κ1) is 17.7. The van der Waals surface area contributed by atoms with Crippen LogP contribution in [0.15, 0.2) is 29.9 Å². The van der Waals surface area contributed by atoms with Gasteiger partial charge in [0.1, 0.15) is 6.10 Å². The molecule has 0 atom stereocenters. The van der Waals surface area contributed by atoms with Crippen molar-refractivity contribution in [3.63, 3.8) is 0 Å². The number of aromatic nitrogens is 2. The van der Waals surface area contributed by atoms with Gasteiger partial charge in [0.2, 0.25) is 5.88 Å². The van der Waals surface area contributed by atoms with Crippen LogP contribution < -0.4 is 15.0 Å². The van der Waals surface area contributed by atoms with Crippen LogP contribution in [-0.2, 0) is 6.54 Å². The average molecular weight is 373 g/mol. The molecule has 5 nitrogen and oxygen atoms in total. The molecular weight excluding hydrogens is 344 g/mol. The van der Waals surface area contributed by atoms with E-state index in [1.165, 1.54) is 37.7 Å². The second-order valence-corrected chi connectivity index (χ2v) is 8.21. The lowest BCUT2D eigenvalue weighted by Crippen LogP contribution is -2.42. The maximum atomic E-state index is 6.01. The molecule has 1 aliphatic heterocycles. The molecule has 140 valence electrons. The average Bonchev–Trinajstić information content (AvgIpc) is 3.24. The topological polar surface area (TPSA) is 50.3 Å². The van der Waals surface area contributed by atoms with E-state index in [2.05, 4.69) is 26.3 Å². The summed E-state index contributed by atoms with van der Waals surface area (Å²) < 4.78 is 6.01. The zero-order valence-corrected chi connectivity index (χ0v) is 16.1. The molecule has 2 aliphatic rings. The maximum Gasteiger partial charge on any atom is 0.213 e. The molecular formula is C20H28N4OS. The molecule has 2 aromatic rings. The highest BCUT2D eigenvalue weighted by atomic mass is 32.1. The molecule has 2 aromatic heterocycles. The van der Waals surface area contributed by atoms with E-state index in [0.29, 0.717) is 12.1 Å². The van der Waals surface area contributed by atoms with Gasteiger partial charge in [-0.25, -0.2) is 9.97 Å². The van der Waals surface area contributed by atoms with Crippen molar-refractivity contribution in [2.24, 2.45) is 0 Å². The number of hydrogen-bond donors (Lipinski definition) is 1. The van der Waals surface area contributed by atoms with E-state index < -0.39 is 0 Å². The number of thiazole rings is 1. The molecule has 6 heteroatoms. The van der Waals surface area contributed by atoms with Gasteiger partial charge in [0.25, 0.3) is 0 Å². The van der Waals surface area contributed by atoms with Crippen LogP contribution in [0.4, 0.5) is 5.13 Å². The van der Waals surface area contributed by atoms with Gasteiger partial charge < -0.3 is 15.0 Å². The van der Waals surface area contributed by atoms with Gasteiger partial charge in [-0.2, -0.15) is 0 Å². The van der Waals surface area contributed by atoms with Crippen molar-refractivity contribution in [3.8, 4) is 5.88 Å². The first-order chi connectivity index (χ1) is 12.9. The number of pyridine rings is 1. The van der Waals surface area contributed by atoms with Crippen molar-refractivity contribution in [3.05, 3.63) is 35.5 Å². The fraction of sp³-hybridized carbons (Fsp3) is 0.600. The van der Waals surface area contributed by atoms with Gasteiger partial charge >= 0.3 is 0 Å². The highest BCUT2D eigenvalue weighted by molar-refractivity contribution is 7.13. The summed E-state index contributed by atoms with van der Waals surface area (Å²) in [5.41, 5.74) is 1.23. The Morgan fingerprint density at radius 1 is 1.08 bits per heavy atom. The van der Waals surface area contributed by atoms with Crippen molar-refractivity contribution in [2.45, 2.75) is 63.6 Å². The first-order valence-corrected chi connectivity index (χ1v) is 10.7. The van der Waals surface area contributed by atoms with Crippen molar-refractivity contribution in [1.82, 2.24) is 15.3 Å². The smallest absolute Gasteiger partial charge is 0.213 e. The zero-order valence-electron chi connectivity index (χ0n) is 15.3. The van der Waals surface area contributed by atoms with Crippen LogP contribution in [0.25, 0.3) is 0 Å². The molecule has 0 amide bonds. The molecule has 2 fully saturated rings. The quantitative estimate of drug-likeness (QED) is 0.830. The summed E-state index contributed by atoms with van der Waals surface area (Å²) in [5.74, 6) is 0.775. The van der Waals surface area contributed by atoms with Gasteiger partial charge in [-0.1, -0.05) is 12.5 Å². The third-order valence-electron chi connectivity index (χ3n) is 5.42. The molecule has 26 heavy (non-hydrogen) atoms. The number of ether oxygens (including phenoxy) is 1. The maximum absolute atomic E-state index is 6.01. The predicted molar refractivity (Wildman–Crippen MR) is 106 cm³/mol. The Balaban J connectivity index is 1.20. The minimum absolute atomic E-state index is 0.364. The Morgan fingerprint density at radius 3 is 2.62 bits per heavy atom. The highest BCUT2D eigenvalue weighted by Crippen LogP contribution is 2.23. The lowest BCUT2D eigenvalue weighted by Gasteiger charge is -2.32. The predicted octanol–water partition coefficient (Wildman–Crippen LogP) is 4.01. The SMILES string of the molecule is c1csc(N2CCC(NCc3ccc(OC4CCCCC4)nc3)CC2)n1. The molecule has 4 rings (SSSR count). The van der Waals surface area contributed by atoms with E-state index >= 15 is 0 Å². The third-order valence-corrected chi connectivity index (χ3v) is 6.25. The van der Waals surface area contributed by atoms with Gasteiger partial charge in [0.05, 0.1) is 0 Å². The minimum atomic E-state index is 0.364.